The lowest BCUT2D eigenvalue weighted by atomic mass is 10.1. The van der Waals surface area contributed by atoms with Gasteiger partial charge in [-0.3, -0.25) is 14.4 Å². The second-order valence-corrected chi connectivity index (χ2v) is 21.6. The van der Waals surface area contributed by atoms with Gasteiger partial charge in [0, 0.05) is 19.3 Å². The zero-order valence-corrected chi connectivity index (χ0v) is 51.6. The number of hydrogen-bond donors (Lipinski definition) is 0. The number of ether oxygens (including phenoxy) is 3. The fraction of sp³-hybridized carbons (Fsp3) is 0.685. The third-order valence-electron chi connectivity index (χ3n) is 14.0. The third-order valence-corrected chi connectivity index (χ3v) is 14.0. The van der Waals surface area contributed by atoms with Crippen molar-refractivity contribution in [2.75, 3.05) is 13.2 Å². The van der Waals surface area contributed by atoms with Crippen molar-refractivity contribution in [1.82, 2.24) is 0 Å². The maximum atomic E-state index is 12.8. The van der Waals surface area contributed by atoms with Gasteiger partial charge in [0.15, 0.2) is 6.10 Å². The molecule has 0 saturated heterocycles. The molecule has 0 rings (SSSR count). The first-order valence-electron chi connectivity index (χ1n) is 33.0. The molecule has 450 valence electrons. The lowest BCUT2D eigenvalue weighted by Crippen LogP contribution is -2.30. The molecule has 0 aromatic carbocycles. The van der Waals surface area contributed by atoms with Crippen molar-refractivity contribution >= 4 is 17.9 Å². The van der Waals surface area contributed by atoms with Crippen LogP contribution in [-0.4, -0.2) is 37.2 Å². The average Bonchev–Trinajstić information content (AvgIpc) is 3.45. The molecule has 6 nitrogen and oxygen atoms in total. The summed E-state index contributed by atoms with van der Waals surface area (Å²) in [6.45, 7) is 6.44. The summed E-state index contributed by atoms with van der Waals surface area (Å²) < 4.78 is 16.8. The monoisotopic (exact) mass is 1090 g/mol. The topological polar surface area (TPSA) is 78.9 Å². The zero-order chi connectivity index (χ0) is 57.1. The van der Waals surface area contributed by atoms with Crippen molar-refractivity contribution in [1.29, 1.82) is 0 Å². The van der Waals surface area contributed by atoms with Crippen molar-refractivity contribution < 1.29 is 28.6 Å². The molecule has 0 heterocycles. The van der Waals surface area contributed by atoms with Gasteiger partial charge in [0.25, 0.3) is 0 Å². The van der Waals surface area contributed by atoms with E-state index >= 15 is 0 Å². The maximum Gasteiger partial charge on any atom is 0.306 e. The van der Waals surface area contributed by atoms with E-state index in [1.807, 2.05) is 0 Å². The number of hydrogen-bond acceptors (Lipinski definition) is 6. The highest BCUT2D eigenvalue weighted by Crippen LogP contribution is 2.16. The number of carbonyl (C=O) groups is 3. The van der Waals surface area contributed by atoms with Gasteiger partial charge in [0.05, 0.1) is 0 Å². The molecule has 1 atom stereocenters. The minimum absolute atomic E-state index is 0.0814. The van der Waals surface area contributed by atoms with E-state index in [-0.39, 0.29) is 31.1 Å². The molecule has 0 aromatic rings. The number of carbonyl (C=O) groups excluding carboxylic acids is 3. The van der Waals surface area contributed by atoms with Crippen LogP contribution in [0.3, 0.4) is 0 Å². The summed E-state index contributed by atoms with van der Waals surface area (Å²) >= 11 is 0. The predicted octanol–water partition coefficient (Wildman–Crippen LogP) is 22.8. The number of esters is 3. The van der Waals surface area contributed by atoms with Crippen LogP contribution in [-0.2, 0) is 28.6 Å². The Morgan fingerprint density at radius 2 is 0.494 bits per heavy atom. The van der Waals surface area contributed by atoms with E-state index in [0.29, 0.717) is 19.3 Å². The second-order valence-electron chi connectivity index (χ2n) is 21.6. The Labute approximate surface area is 488 Å². The summed E-state index contributed by atoms with van der Waals surface area (Å²) in [6, 6.07) is 0. The molecule has 1 unspecified atom stereocenters. The van der Waals surface area contributed by atoms with E-state index < -0.39 is 6.10 Å². The van der Waals surface area contributed by atoms with Crippen molar-refractivity contribution in [3.8, 4) is 0 Å². The highest BCUT2D eigenvalue weighted by atomic mass is 16.6. The standard InChI is InChI=1S/C73H122O6/c1-4-7-10-13-15-17-19-21-23-25-27-29-30-31-32-33-34-35-36-37-38-39-40-41-42-44-45-47-49-51-53-55-57-60-63-66-72(75)78-69-70(68-77-71(74)65-62-59-12-9-6-3)79-73(76)67-64-61-58-56-54-52-50-48-46-43-28-26-24-22-20-18-16-14-11-8-5-2/h7,10,15,17,20-23,26-29,31-32,34-35,37-38,40-41,70H,4-6,8-9,11-14,16,18-19,24-25,30,33,36,39,42-69H2,1-3H3/b10-7-,17-15-,22-20-,23-21-,28-26-,29-27-,32-31-,35-34-,38-37-,41-40-. The van der Waals surface area contributed by atoms with Crippen LogP contribution >= 0.6 is 0 Å². The van der Waals surface area contributed by atoms with Crippen LogP contribution in [0.5, 0.6) is 0 Å². The van der Waals surface area contributed by atoms with Crippen LogP contribution in [0.1, 0.15) is 303 Å². The lowest BCUT2D eigenvalue weighted by Gasteiger charge is -2.18. The molecule has 0 fully saturated rings. The maximum absolute atomic E-state index is 12.8. The molecule has 0 saturated carbocycles. The fourth-order valence-electron chi connectivity index (χ4n) is 9.02. The molecule has 0 bridgehead atoms. The summed E-state index contributed by atoms with van der Waals surface area (Å²) in [5.41, 5.74) is 0. The Morgan fingerprint density at radius 1 is 0.266 bits per heavy atom. The number of rotatable bonds is 59. The molecular formula is C73H122O6. The van der Waals surface area contributed by atoms with Gasteiger partial charge in [0.2, 0.25) is 0 Å². The first-order chi connectivity index (χ1) is 39.0. The van der Waals surface area contributed by atoms with Gasteiger partial charge in [0.1, 0.15) is 13.2 Å². The molecule has 0 N–H and O–H groups in total. The number of unbranched alkanes of at least 4 members (excludes halogenated alkanes) is 28. The van der Waals surface area contributed by atoms with Crippen molar-refractivity contribution in [2.24, 2.45) is 0 Å². The zero-order valence-electron chi connectivity index (χ0n) is 51.6. The van der Waals surface area contributed by atoms with Crippen LogP contribution in [0.25, 0.3) is 0 Å². The van der Waals surface area contributed by atoms with Crippen LogP contribution in [0.15, 0.2) is 122 Å². The summed E-state index contributed by atoms with van der Waals surface area (Å²) in [5, 5.41) is 0. The summed E-state index contributed by atoms with van der Waals surface area (Å²) in [7, 11) is 0. The summed E-state index contributed by atoms with van der Waals surface area (Å²) in [4.78, 5) is 37.9. The van der Waals surface area contributed by atoms with Crippen molar-refractivity contribution in [3.05, 3.63) is 122 Å². The normalized spacial score (nSPS) is 12.9. The first-order valence-corrected chi connectivity index (χ1v) is 33.0. The van der Waals surface area contributed by atoms with Crippen LogP contribution in [0.2, 0.25) is 0 Å². The minimum Gasteiger partial charge on any atom is -0.462 e. The smallest absolute Gasteiger partial charge is 0.306 e. The van der Waals surface area contributed by atoms with Gasteiger partial charge in [-0.1, -0.05) is 290 Å². The SMILES string of the molecule is CC/C=C\C/C=C\C/C=C\C/C=C\C/C=C\C/C=C\C/C=C\C/C=C\CCCCCCCCCCCCC(=O)OCC(COC(=O)CCCCCCC)OC(=O)CCCCCCCCCCC/C=C\C/C=C\CCCCCCC. The van der Waals surface area contributed by atoms with E-state index in [2.05, 4.69) is 142 Å². The molecule has 0 aliphatic heterocycles. The molecular weight excluding hydrogens is 973 g/mol. The second kappa shape index (κ2) is 66.3. The Kier molecular flexibility index (Phi) is 62.8. The molecule has 0 spiro atoms. The van der Waals surface area contributed by atoms with Crippen LogP contribution in [0.4, 0.5) is 0 Å². The molecule has 0 radical (unpaired) electrons. The van der Waals surface area contributed by atoms with Crippen LogP contribution in [0, 0.1) is 0 Å². The van der Waals surface area contributed by atoms with E-state index in [4.69, 9.17) is 14.2 Å². The third kappa shape index (κ3) is 64.5. The van der Waals surface area contributed by atoms with Crippen molar-refractivity contribution in [3.63, 3.8) is 0 Å². The fourth-order valence-corrected chi connectivity index (χ4v) is 9.02. The molecule has 0 amide bonds. The quantitative estimate of drug-likeness (QED) is 0.0261. The van der Waals surface area contributed by atoms with Gasteiger partial charge in [-0.05, 0) is 116 Å². The summed E-state index contributed by atoms with van der Waals surface area (Å²) in [5.74, 6) is -0.899. The molecule has 79 heavy (non-hydrogen) atoms. The predicted molar refractivity (Wildman–Crippen MR) is 343 cm³/mol. The van der Waals surface area contributed by atoms with Crippen LogP contribution < -0.4 is 0 Å². The largest absolute Gasteiger partial charge is 0.462 e. The molecule has 6 heteroatoms. The first kappa shape index (κ1) is 74.8. The van der Waals surface area contributed by atoms with Gasteiger partial charge in [-0.15, -0.1) is 0 Å². The van der Waals surface area contributed by atoms with Gasteiger partial charge in [-0.2, -0.15) is 0 Å². The highest BCUT2D eigenvalue weighted by molar-refractivity contribution is 5.71. The van der Waals surface area contributed by atoms with E-state index in [1.165, 1.54) is 141 Å². The van der Waals surface area contributed by atoms with Gasteiger partial charge < -0.3 is 14.2 Å². The Hall–Kier alpha value is -4.19. The average molecular weight is 1100 g/mol. The molecule has 0 aliphatic carbocycles. The van der Waals surface area contributed by atoms with E-state index in [0.717, 1.165) is 122 Å². The Balaban J connectivity index is 4.04. The number of allylic oxidation sites excluding steroid dienone is 20. The Morgan fingerprint density at radius 3 is 0.772 bits per heavy atom. The van der Waals surface area contributed by atoms with Crippen molar-refractivity contribution in [2.45, 2.75) is 309 Å². The van der Waals surface area contributed by atoms with Gasteiger partial charge >= 0.3 is 17.9 Å². The lowest BCUT2D eigenvalue weighted by molar-refractivity contribution is -0.167. The summed E-state index contributed by atoms with van der Waals surface area (Å²) in [6.07, 6.45) is 92.6. The molecule has 0 aliphatic rings. The minimum atomic E-state index is -0.780. The van der Waals surface area contributed by atoms with Gasteiger partial charge in [-0.25, -0.2) is 0 Å². The highest BCUT2D eigenvalue weighted by Gasteiger charge is 2.19. The Bertz CT molecular complexity index is 1640. The molecule has 0 aromatic heterocycles. The van der Waals surface area contributed by atoms with E-state index in [9.17, 15) is 14.4 Å². The van der Waals surface area contributed by atoms with E-state index in [1.54, 1.807) is 0 Å².